The maximum absolute atomic E-state index is 12.7. The van der Waals surface area contributed by atoms with E-state index in [0.29, 0.717) is 18.1 Å². The molecule has 3 aliphatic rings. The molecule has 2 bridgehead atoms. The highest BCUT2D eigenvalue weighted by Gasteiger charge is 2.61. The van der Waals surface area contributed by atoms with E-state index in [9.17, 15) is 15.0 Å². The molecule has 35 heavy (non-hydrogen) atoms. The smallest absolute Gasteiger partial charge is 0.333 e. The summed E-state index contributed by atoms with van der Waals surface area (Å²) in [4.78, 5) is 17.2. The van der Waals surface area contributed by atoms with Crippen LogP contribution in [-0.4, -0.2) is 46.2 Å². The number of fused-ring (bicyclic) bond motifs is 2. The van der Waals surface area contributed by atoms with Crippen LogP contribution < -0.4 is 0 Å². The predicted molar refractivity (Wildman–Crippen MR) is 145 cm³/mol. The first-order valence-corrected chi connectivity index (χ1v) is 14.3. The summed E-state index contributed by atoms with van der Waals surface area (Å²) in [6.07, 6.45) is 17.2. The average molecular weight is 493 g/mol. The third-order valence-corrected chi connectivity index (χ3v) is 8.51. The highest BCUT2D eigenvalue weighted by atomic mass is 16.5. The third-order valence-electron chi connectivity index (χ3n) is 8.51. The van der Waals surface area contributed by atoms with Crippen LogP contribution >= 0.6 is 0 Å². The molecule has 0 radical (unpaired) electrons. The molecule has 3 saturated carbocycles. The molecule has 0 amide bonds. The van der Waals surface area contributed by atoms with E-state index in [1.165, 1.54) is 63.9 Å². The molecule has 5 nitrogen and oxygen atoms in total. The fourth-order valence-electron chi connectivity index (χ4n) is 5.98. The van der Waals surface area contributed by atoms with E-state index < -0.39 is 23.7 Å². The van der Waals surface area contributed by atoms with Crippen LogP contribution in [0.25, 0.3) is 0 Å². The largest absolute Gasteiger partial charge is 0.464 e. The fourth-order valence-corrected chi connectivity index (χ4v) is 5.98. The van der Waals surface area contributed by atoms with Gasteiger partial charge in [0.15, 0.2) is 6.04 Å². The van der Waals surface area contributed by atoms with Crippen LogP contribution in [0.15, 0.2) is 17.1 Å². The van der Waals surface area contributed by atoms with Crippen LogP contribution in [0.2, 0.25) is 0 Å². The minimum absolute atomic E-state index is 0.0216. The number of esters is 1. The molecule has 0 aromatic heterocycles. The van der Waals surface area contributed by atoms with Crippen molar-refractivity contribution in [2.75, 3.05) is 6.61 Å². The van der Waals surface area contributed by atoms with Gasteiger partial charge >= 0.3 is 5.97 Å². The molecule has 202 valence electrons. The fraction of sp³-hybridized carbons (Fsp3) is 0.867. The van der Waals surface area contributed by atoms with Gasteiger partial charge in [-0.1, -0.05) is 97.1 Å². The van der Waals surface area contributed by atoms with Crippen molar-refractivity contribution < 1.29 is 21.1 Å². The summed E-state index contributed by atoms with van der Waals surface area (Å²) in [6.45, 7) is 10.2. The first-order valence-electron chi connectivity index (χ1n) is 14.8. The average Bonchev–Trinajstić information content (AvgIpc) is 2.80. The number of hydrogen-bond acceptors (Lipinski definition) is 5. The summed E-state index contributed by atoms with van der Waals surface area (Å²) in [5.41, 5.74) is -0.628. The van der Waals surface area contributed by atoms with Gasteiger partial charge < -0.3 is 14.9 Å². The maximum Gasteiger partial charge on any atom is 0.333 e. The molecular formula is C30H53NO4. The SMILES string of the molecule is [2H][C@@](O)(/C=C/CCCCCCCCCCCCC)[C@@H](N=C1C[C@H]2C[C@H](C2(C)C)[C@@]1(C)O)C(=O)OCC. The molecule has 3 aliphatic carbocycles. The van der Waals surface area contributed by atoms with Crippen molar-refractivity contribution in [3.8, 4) is 0 Å². The second-order valence-electron chi connectivity index (χ2n) is 11.5. The predicted octanol–water partition coefficient (Wildman–Crippen LogP) is 6.79. The molecule has 5 atom stereocenters. The van der Waals surface area contributed by atoms with Gasteiger partial charge in [0.25, 0.3) is 0 Å². The molecule has 2 N–H and O–H groups in total. The van der Waals surface area contributed by atoms with Crippen molar-refractivity contribution in [1.29, 1.82) is 0 Å². The van der Waals surface area contributed by atoms with E-state index >= 15 is 0 Å². The lowest BCUT2D eigenvalue weighted by atomic mass is 9.44. The summed E-state index contributed by atoms with van der Waals surface area (Å²) in [7, 11) is 0. The number of allylic oxidation sites excluding steroid dienone is 1. The Bertz CT molecular complexity index is 743. The first-order chi connectivity index (χ1) is 17.0. The number of carbonyl (C=O) groups is 1. The number of nitrogens with zero attached hydrogens (tertiary/aromatic N) is 1. The molecule has 0 saturated heterocycles. The van der Waals surface area contributed by atoms with Crippen molar-refractivity contribution in [1.82, 2.24) is 0 Å². The Morgan fingerprint density at radius 3 is 2.17 bits per heavy atom. The van der Waals surface area contributed by atoms with Gasteiger partial charge in [-0.15, -0.1) is 0 Å². The van der Waals surface area contributed by atoms with Crippen molar-refractivity contribution in [2.24, 2.45) is 22.2 Å². The van der Waals surface area contributed by atoms with Crippen molar-refractivity contribution >= 4 is 11.7 Å². The molecule has 0 spiro atoms. The maximum atomic E-state index is 12.7. The summed E-state index contributed by atoms with van der Waals surface area (Å²) < 4.78 is 13.7. The van der Waals surface area contributed by atoms with Crippen LogP contribution in [0.4, 0.5) is 0 Å². The molecule has 3 fully saturated rings. The normalized spacial score (nSPS) is 29.5. The second kappa shape index (κ2) is 14.5. The van der Waals surface area contributed by atoms with E-state index in [1.807, 2.05) is 0 Å². The summed E-state index contributed by atoms with van der Waals surface area (Å²) in [6, 6.07) is -1.41. The Hall–Kier alpha value is -1.20. The minimum Gasteiger partial charge on any atom is -0.464 e. The van der Waals surface area contributed by atoms with Gasteiger partial charge in [0.1, 0.15) is 11.7 Å². The van der Waals surface area contributed by atoms with Gasteiger partial charge in [-0.2, -0.15) is 0 Å². The number of ether oxygens (including phenoxy) is 1. The molecule has 0 aromatic carbocycles. The van der Waals surface area contributed by atoms with Gasteiger partial charge in [0, 0.05) is 5.71 Å². The van der Waals surface area contributed by atoms with Crippen LogP contribution in [0.1, 0.15) is 126 Å². The lowest BCUT2D eigenvalue weighted by molar-refractivity contribution is -0.147. The number of aliphatic hydroxyl groups is 2. The number of aliphatic imine (C=N–C) groups is 1. The van der Waals surface area contributed by atoms with Gasteiger partial charge in [0.05, 0.1) is 7.98 Å². The van der Waals surface area contributed by atoms with Gasteiger partial charge in [-0.25, -0.2) is 4.79 Å². The zero-order valence-corrected chi connectivity index (χ0v) is 23.2. The molecule has 5 heteroatoms. The van der Waals surface area contributed by atoms with Crippen molar-refractivity contribution in [2.45, 2.75) is 142 Å². The number of rotatable bonds is 17. The van der Waals surface area contributed by atoms with Crippen LogP contribution in [0.5, 0.6) is 0 Å². The molecule has 0 heterocycles. The van der Waals surface area contributed by atoms with Crippen molar-refractivity contribution in [3.05, 3.63) is 12.2 Å². The highest BCUT2D eigenvalue weighted by molar-refractivity contribution is 5.96. The topological polar surface area (TPSA) is 79.1 Å². The molecule has 3 rings (SSSR count). The van der Waals surface area contributed by atoms with Gasteiger partial charge in [-0.3, -0.25) is 4.99 Å². The standard InChI is InChI=1S/C30H53NO4/c1-6-8-9-10-11-12-13-14-15-16-17-18-19-20-24(32)27(28(33)35-7-2)31-26-22-23-21-25(29(23,3)4)30(26,5)34/h19-20,23-25,27,32,34H,6-18,21-22H2,1-5H3/b20-19+,31-26?/t23-,24-,25-,27-,30-/m1/s1/i24D. The van der Waals surface area contributed by atoms with E-state index in [1.54, 1.807) is 19.9 Å². The highest BCUT2D eigenvalue weighted by Crippen LogP contribution is 2.61. The third kappa shape index (κ3) is 8.42. The Balaban J connectivity index is 1.85. The van der Waals surface area contributed by atoms with Gasteiger partial charge in [-0.05, 0) is 56.8 Å². The second-order valence-corrected chi connectivity index (χ2v) is 11.5. The Labute approximate surface area is 216 Å². The van der Waals surface area contributed by atoms with Gasteiger partial charge in [0.2, 0.25) is 0 Å². The lowest BCUT2D eigenvalue weighted by Crippen LogP contribution is -2.65. The van der Waals surface area contributed by atoms with Crippen molar-refractivity contribution in [3.63, 3.8) is 0 Å². The van der Waals surface area contributed by atoms with E-state index in [2.05, 4.69) is 25.8 Å². The minimum atomic E-state index is -2.22. The van der Waals surface area contributed by atoms with E-state index in [0.717, 1.165) is 25.7 Å². The quantitative estimate of drug-likeness (QED) is 0.133. The molecule has 0 unspecified atom stereocenters. The van der Waals surface area contributed by atoms with Crippen LogP contribution in [0.3, 0.4) is 0 Å². The number of carbonyl (C=O) groups excluding carboxylic acids is 1. The molecule has 0 aliphatic heterocycles. The first kappa shape index (κ1) is 28.4. The lowest BCUT2D eigenvalue weighted by Gasteiger charge is -2.62. The van der Waals surface area contributed by atoms with E-state index in [-0.39, 0.29) is 17.9 Å². The Morgan fingerprint density at radius 1 is 1.09 bits per heavy atom. The van der Waals surface area contributed by atoms with Crippen LogP contribution in [0, 0.1) is 17.3 Å². The summed E-state index contributed by atoms with van der Waals surface area (Å²) >= 11 is 0. The summed E-state index contributed by atoms with van der Waals surface area (Å²) in [5, 5.41) is 22.2. The molecule has 0 aromatic rings. The number of unbranched alkanes of at least 4 members (excludes halogenated alkanes) is 11. The van der Waals surface area contributed by atoms with Crippen LogP contribution in [-0.2, 0) is 9.53 Å². The number of hydrogen-bond donors (Lipinski definition) is 2. The summed E-state index contributed by atoms with van der Waals surface area (Å²) in [5.74, 6) is -0.281. The monoisotopic (exact) mass is 492 g/mol. The van der Waals surface area contributed by atoms with E-state index in [4.69, 9.17) is 6.11 Å². The zero-order chi connectivity index (χ0) is 26.8. The Kier molecular flexibility index (Phi) is 11.8. The molecular weight excluding hydrogens is 438 g/mol. The Morgan fingerprint density at radius 2 is 1.66 bits per heavy atom. The zero-order valence-electron chi connectivity index (χ0n) is 24.2.